The predicted octanol–water partition coefficient (Wildman–Crippen LogP) is 6.22. The maximum Gasteiger partial charge on any atom is -1.00 e. The quantitative estimate of drug-likeness (QED) is 0.169. The van der Waals surface area contributed by atoms with Gasteiger partial charge in [0.05, 0.1) is 0 Å². The Kier molecular flexibility index (Phi) is 12.1. The summed E-state index contributed by atoms with van der Waals surface area (Å²) >= 11 is -0.765. The third-order valence-electron chi connectivity index (χ3n) is 10.6. The Morgan fingerprint density at radius 1 is 0.686 bits per heavy atom. The molecule has 7 rings (SSSR count). The molecule has 2 aliphatic carbocycles. The van der Waals surface area contributed by atoms with E-state index in [0.29, 0.717) is 5.92 Å². The molecule has 0 amide bonds. The molecule has 1 atom stereocenters. The fraction of sp³-hybridized carbons (Fsp3) is 0.319. The smallest absolute Gasteiger partial charge is 1.00 e. The molecule has 4 heteroatoms. The van der Waals surface area contributed by atoms with Crippen LogP contribution in [0.5, 0.6) is 0 Å². The fourth-order valence-electron chi connectivity index (χ4n) is 8.20. The average Bonchev–Trinajstić information content (AvgIpc) is 3.61. The summed E-state index contributed by atoms with van der Waals surface area (Å²) in [6.07, 6.45) is 5.99. The van der Waals surface area contributed by atoms with Gasteiger partial charge in [0.1, 0.15) is 0 Å². The number of halogens is 2. The van der Waals surface area contributed by atoms with E-state index < -0.39 is 28.3 Å². The third-order valence-corrected chi connectivity index (χ3v) is 19.2. The SMILES string of the molecule is CCCC1=Cc2c(-c3ccc(-c4ccccc4)cc3)cccc2C1c1c2c(cc(C(C)(C)C)[c]1[Zr+2][SiH](C)C)-c1cc(C(C)(C)C)ccc1C2.[Cl-].[Cl-]. The van der Waals surface area contributed by atoms with Crippen molar-refractivity contribution < 1.29 is 47.2 Å². The van der Waals surface area contributed by atoms with Crippen LogP contribution in [-0.4, -0.2) is 5.92 Å². The van der Waals surface area contributed by atoms with E-state index in [4.69, 9.17) is 0 Å². The van der Waals surface area contributed by atoms with Gasteiger partial charge in [-0.1, -0.05) is 18.2 Å². The molecule has 0 saturated heterocycles. The van der Waals surface area contributed by atoms with Crippen LogP contribution >= 0.6 is 0 Å². The van der Waals surface area contributed by atoms with Gasteiger partial charge in [-0.3, -0.25) is 0 Å². The molecule has 0 nitrogen and oxygen atoms in total. The second kappa shape index (κ2) is 15.5. The first kappa shape index (κ1) is 39.7. The standard InChI is InChI=1S/C45H45.C2H7Si.2ClH.Zr/c1-8-13-33-25-39-36(31-20-18-30(19-21-31)29-14-10-9-11-15-29)16-12-17-37(39)43(33)42-28-35(45(5,6)7)27-41-38-26-34(44(2,3)4)23-22-32(38)24-40(41)42;1-3-2;;;/h9-12,14-23,25-27,43H,8,13,24H2,1-7H3;3H,1-2H3;2*1H;/q;;;;+2/p-2. The zero-order valence-corrected chi connectivity index (χ0v) is 37.0. The van der Waals surface area contributed by atoms with Crippen molar-refractivity contribution in [3.8, 4) is 33.4 Å². The van der Waals surface area contributed by atoms with Crippen molar-refractivity contribution in [2.75, 3.05) is 0 Å². The molecular formula is C47H52Cl2SiZr. The first-order valence-electron chi connectivity index (χ1n) is 18.4. The summed E-state index contributed by atoms with van der Waals surface area (Å²) in [5, 5.41) is 0. The minimum atomic E-state index is -0.765. The van der Waals surface area contributed by atoms with E-state index in [1.54, 1.807) is 22.3 Å². The molecule has 0 bridgehead atoms. The molecule has 0 radical (unpaired) electrons. The van der Waals surface area contributed by atoms with Crippen molar-refractivity contribution >= 4 is 15.3 Å². The maximum absolute atomic E-state index is 2.67. The second-order valence-electron chi connectivity index (χ2n) is 16.7. The van der Waals surface area contributed by atoms with Gasteiger partial charge in [-0.2, -0.15) is 0 Å². The van der Waals surface area contributed by atoms with E-state index in [1.807, 2.05) is 3.27 Å². The fourth-order valence-corrected chi connectivity index (χ4v) is 17.5. The molecule has 2 aliphatic rings. The molecule has 0 N–H and O–H groups in total. The first-order chi connectivity index (χ1) is 23.3. The van der Waals surface area contributed by atoms with E-state index >= 15 is 0 Å². The van der Waals surface area contributed by atoms with Gasteiger partial charge >= 0.3 is 292 Å². The summed E-state index contributed by atoms with van der Waals surface area (Å²) in [6, 6.07) is 37.3. The van der Waals surface area contributed by atoms with Gasteiger partial charge in [0, 0.05) is 0 Å². The molecule has 0 aromatic heterocycles. The van der Waals surface area contributed by atoms with Gasteiger partial charge in [0.25, 0.3) is 0 Å². The van der Waals surface area contributed by atoms with Gasteiger partial charge in [0.15, 0.2) is 0 Å². The molecule has 0 spiro atoms. The van der Waals surface area contributed by atoms with Crippen LogP contribution in [0.4, 0.5) is 0 Å². The molecular weight excluding hydrogens is 755 g/mol. The van der Waals surface area contributed by atoms with Crippen molar-refractivity contribution in [2.24, 2.45) is 0 Å². The second-order valence-corrected chi connectivity index (χ2v) is 31.2. The zero-order chi connectivity index (χ0) is 34.7. The minimum Gasteiger partial charge on any atom is -1.00 e. The number of benzene rings is 5. The van der Waals surface area contributed by atoms with E-state index in [2.05, 4.69) is 165 Å². The van der Waals surface area contributed by atoms with Crippen LogP contribution < -0.4 is 28.1 Å². The number of allylic oxidation sites excluding steroid dienone is 1. The number of rotatable bonds is 7. The predicted molar refractivity (Wildman–Crippen MR) is 213 cm³/mol. The summed E-state index contributed by atoms with van der Waals surface area (Å²) in [5.41, 5.74) is 21.0. The summed E-state index contributed by atoms with van der Waals surface area (Å²) in [4.78, 5) is 0. The summed E-state index contributed by atoms with van der Waals surface area (Å²) in [6.45, 7) is 22.0. The van der Waals surface area contributed by atoms with Crippen molar-refractivity contribution in [1.82, 2.24) is 0 Å². The van der Waals surface area contributed by atoms with Crippen molar-refractivity contribution in [3.05, 3.63) is 142 Å². The largest absolute Gasteiger partial charge is 1.00 e. The zero-order valence-electron chi connectivity index (χ0n) is 31.8. The molecule has 5 aromatic rings. The van der Waals surface area contributed by atoms with Gasteiger partial charge < -0.3 is 24.8 Å². The number of hydrogen-bond donors (Lipinski definition) is 0. The van der Waals surface area contributed by atoms with Gasteiger partial charge in [0.2, 0.25) is 0 Å². The minimum absolute atomic E-state index is 0. The Labute approximate surface area is 332 Å². The number of hydrogen-bond acceptors (Lipinski definition) is 0. The van der Waals surface area contributed by atoms with Crippen molar-refractivity contribution in [1.29, 1.82) is 0 Å². The van der Waals surface area contributed by atoms with Gasteiger partial charge in [-0.15, -0.1) is 0 Å². The van der Waals surface area contributed by atoms with Crippen LogP contribution in [0, 0.1) is 0 Å². The van der Waals surface area contributed by atoms with Crippen LogP contribution in [0.3, 0.4) is 0 Å². The van der Waals surface area contributed by atoms with Crippen LogP contribution in [-0.2, 0) is 39.6 Å². The van der Waals surface area contributed by atoms with E-state index in [1.165, 1.54) is 62.1 Å². The summed E-state index contributed by atoms with van der Waals surface area (Å²) in [5.74, 6) is -0.421. The summed E-state index contributed by atoms with van der Waals surface area (Å²) in [7, 11) is 0. The van der Waals surface area contributed by atoms with E-state index in [9.17, 15) is 0 Å². The van der Waals surface area contributed by atoms with Crippen LogP contribution in [0.2, 0.25) is 13.1 Å². The van der Waals surface area contributed by atoms with Crippen LogP contribution in [0.1, 0.15) is 106 Å². The molecule has 0 aliphatic heterocycles. The molecule has 262 valence electrons. The van der Waals surface area contributed by atoms with Crippen LogP contribution in [0.25, 0.3) is 39.5 Å². The normalized spacial score (nSPS) is 14.5. The Balaban J connectivity index is 0.00000252. The molecule has 0 heterocycles. The molecule has 1 unspecified atom stereocenters. The summed E-state index contributed by atoms with van der Waals surface area (Å²) < 4.78 is 1.83. The Morgan fingerprint density at radius 2 is 1.35 bits per heavy atom. The molecule has 0 fully saturated rings. The van der Waals surface area contributed by atoms with Gasteiger partial charge in [-0.05, 0) is 0 Å². The van der Waals surface area contributed by atoms with Crippen molar-refractivity contribution in [3.63, 3.8) is 0 Å². The Hall–Kier alpha value is -2.48. The molecule has 0 saturated carbocycles. The Morgan fingerprint density at radius 3 is 1.98 bits per heavy atom. The topological polar surface area (TPSA) is 0 Å². The van der Waals surface area contributed by atoms with Crippen molar-refractivity contribution in [2.45, 2.75) is 97.6 Å². The van der Waals surface area contributed by atoms with E-state index in [0.717, 1.165) is 12.8 Å². The first-order valence-corrected chi connectivity index (χ1v) is 26.8. The molecule has 5 aromatic carbocycles. The molecule has 51 heavy (non-hydrogen) atoms. The van der Waals surface area contributed by atoms with Crippen LogP contribution in [0.15, 0.2) is 103 Å². The maximum atomic E-state index is 2.67. The number of fused-ring (bicyclic) bond motifs is 4. The third kappa shape index (κ3) is 7.64. The van der Waals surface area contributed by atoms with Gasteiger partial charge in [-0.25, -0.2) is 0 Å². The van der Waals surface area contributed by atoms with E-state index in [-0.39, 0.29) is 35.6 Å². The monoisotopic (exact) mass is 804 g/mol. The average molecular weight is 807 g/mol. The Bertz CT molecular complexity index is 2060.